The van der Waals surface area contributed by atoms with Crippen molar-refractivity contribution in [3.05, 3.63) is 28.2 Å². The number of rotatable bonds is 4. The van der Waals surface area contributed by atoms with Gasteiger partial charge in [0.2, 0.25) is 10.0 Å². The summed E-state index contributed by atoms with van der Waals surface area (Å²) in [6.07, 6.45) is 0.613. The van der Waals surface area contributed by atoms with Crippen molar-refractivity contribution in [1.82, 2.24) is 0 Å². The molecule has 0 aliphatic heterocycles. The molecule has 5 heteroatoms. The van der Waals surface area contributed by atoms with E-state index in [9.17, 15) is 8.42 Å². The van der Waals surface area contributed by atoms with Crippen LogP contribution in [0.4, 0.5) is 5.69 Å². The molecule has 1 N–H and O–H groups in total. The Hall–Kier alpha value is -0.550. The first-order valence-corrected chi connectivity index (χ1v) is 7.16. The molecule has 0 aliphatic carbocycles. The third-order valence-electron chi connectivity index (χ3n) is 1.92. The Morgan fingerprint density at radius 1 is 1.40 bits per heavy atom. The summed E-state index contributed by atoms with van der Waals surface area (Å²) >= 11 is 3.36. The van der Waals surface area contributed by atoms with Gasteiger partial charge in [0.1, 0.15) is 0 Å². The maximum Gasteiger partial charge on any atom is 0.232 e. The zero-order chi connectivity index (χ0) is 11.5. The number of aryl methyl sites for hydroxylation is 1. The summed E-state index contributed by atoms with van der Waals surface area (Å²) in [4.78, 5) is 0. The first-order chi connectivity index (χ1) is 6.94. The lowest BCUT2D eigenvalue weighted by Gasteiger charge is -2.08. The highest BCUT2D eigenvalue weighted by atomic mass is 79.9. The van der Waals surface area contributed by atoms with E-state index in [2.05, 4.69) is 20.7 Å². The standard InChI is InChI=1S/C10H14BrNO2S/c1-3-6-15(13,14)12-9-5-4-8(2)10(11)7-9/h4-5,7,12H,3,6H2,1-2H3. The predicted molar refractivity (Wildman–Crippen MR) is 66.6 cm³/mol. The highest BCUT2D eigenvalue weighted by molar-refractivity contribution is 9.10. The molecule has 0 amide bonds. The topological polar surface area (TPSA) is 46.2 Å². The lowest BCUT2D eigenvalue weighted by Crippen LogP contribution is -2.16. The molecule has 1 aromatic rings. The second-order valence-electron chi connectivity index (χ2n) is 3.38. The van der Waals surface area contributed by atoms with Crippen molar-refractivity contribution in [3.63, 3.8) is 0 Å². The fraction of sp³-hybridized carbons (Fsp3) is 0.400. The molecule has 0 unspecified atom stereocenters. The molecular weight excluding hydrogens is 278 g/mol. The van der Waals surface area contributed by atoms with Gasteiger partial charge in [-0.25, -0.2) is 8.42 Å². The van der Waals surface area contributed by atoms with Gasteiger partial charge in [0.05, 0.1) is 5.75 Å². The molecule has 0 radical (unpaired) electrons. The molecule has 0 spiro atoms. The Kier molecular flexibility index (Phi) is 4.16. The van der Waals surface area contributed by atoms with E-state index >= 15 is 0 Å². The maximum atomic E-state index is 11.5. The first kappa shape index (κ1) is 12.5. The summed E-state index contributed by atoms with van der Waals surface area (Å²) in [6, 6.07) is 5.39. The Labute approximate surface area is 99.1 Å². The minimum atomic E-state index is -3.19. The molecule has 0 aromatic heterocycles. The van der Waals surface area contributed by atoms with Crippen molar-refractivity contribution in [2.45, 2.75) is 20.3 Å². The van der Waals surface area contributed by atoms with Crippen LogP contribution in [0.1, 0.15) is 18.9 Å². The van der Waals surface area contributed by atoms with E-state index in [1.807, 2.05) is 19.9 Å². The van der Waals surface area contributed by atoms with Gasteiger partial charge in [-0.3, -0.25) is 4.72 Å². The molecule has 0 heterocycles. The van der Waals surface area contributed by atoms with Crippen LogP contribution in [0.25, 0.3) is 0 Å². The largest absolute Gasteiger partial charge is 0.284 e. The first-order valence-electron chi connectivity index (χ1n) is 4.71. The van der Waals surface area contributed by atoms with Gasteiger partial charge in [-0.05, 0) is 31.0 Å². The summed E-state index contributed by atoms with van der Waals surface area (Å²) in [5.74, 6) is 0.151. The lowest BCUT2D eigenvalue weighted by atomic mass is 10.2. The average molecular weight is 292 g/mol. The minimum Gasteiger partial charge on any atom is -0.284 e. The van der Waals surface area contributed by atoms with Gasteiger partial charge in [-0.1, -0.05) is 28.9 Å². The second-order valence-corrected chi connectivity index (χ2v) is 6.08. The van der Waals surface area contributed by atoms with E-state index in [1.165, 1.54) is 0 Å². The van der Waals surface area contributed by atoms with Gasteiger partial charge in [-0.2, -0.15) is 0 Å². The quantitative estimate of drug-likeness (QED) is 0.927. The van der Waals surface area contributed by atoms with Crippen LogP contribution in [0, 0.1) is 6.92 Å². The third-order valence-corrected chi connectivity index (χ3v) is 4.26. The number of nitrogens with one attached hydrogen (secondary N) is 1. The molecule has 0 bridgehead atoms. The van der Waals surface area contributed by atoms with Gasteiger partial charge < -0.3 is 0 Å². The van der Waals surface area contributed by atoms with Crippen LogP contribution in [-0.4, -0.2) is 14.2 Å². The molecule has 3 nitrogen and oxygen atoms in total. The summed E-state index contributed by atoms with van der Waals surface area (Å²) in [7, 11) is -3.19. The molecule has 0 aliphatic rings. The van der Waals surface area contributed by atoms with Crippen molar-refractivity contribution < 1.29 is 8.42 Å². The lowest BCUT2D eigenvalue weighted by molar-refractivity contribution is 0.600. The predicted octanol–water partition coefficient (Wildman–Crippen LogP) is 2.91. The third kappa shape index (κ3) is 3.83. The molecule has 0 saturated heterocycles. The smallest absolute Gasteiger partial charge is 0.232 e. The average Bonchev–Trinajstić information content (AvgIpc) is 2.10. The highest BCUT2D eigenvalue weighted by Crippen LogP contribution is 2.21. The summed E-state index contributed by atoms with van der Waals surface area (Å²) in [5, 5.41) is 0. The van der Waals surface area contributed by atoms with Crippen LogP contribution in [0.2, 0.25) is 0 Å². The molecule has 1 aromatic carbocycles. The second kappa shape index (κ2) is 4.99. The zero-order valence-electron chi connectivity index (χ0n) is 8.75. The highest BCUT2D eigenvalue weighted by Gasteiger charge is 2.08. The Bertz CT molecular complexity index is 443. The van der Waals surface area contributed by atoms with Gasteiger partial charge in [-0.15, -0.1) is 0 Å². The van der Waals surface area contributed by atoms with E-state index in [4.69, 9.17) is 0 Å². The molecule has 0 saturated carbocycles. The Morgan fingerprint density at radius 2 is 2.07 bits per heavy atom. The molecule has 84 valence electrons. The van der Waals surface area contributed by atoms with E-state index in [0.717, 1.165) is 10.0 Å². The zero-order valence-corrected chi connectivity index (χ0v) is 11.2. The fourth-order valence-corrected chi connectivity index (χ4v) is 2.66. The maximum absolute atomic E-state index is 11.5. The van der Waals surface area contributed by atoms with Crippen molar-refractivity contribution in [1.29, 1.82) is 0 Å². The SMILES string of the molecule is CCCS(=O)(=O)Nc1ccc(C)c(Br)c1. The van der Waals surface area contributed by atoms with E-state index < -0.39 is 10.0 Å². The van der Waals surface area contributed by atoms with Gasteiger partial charge in [0.15, 0.2) is 0 Å². The number of benzene rings is 1. The fourth-order valence-electron chi connectivity index (χ4n) is 1.16. The normalized spacial score (nSPS) is 11.4. The van der Waals surface area contributed by atoms with E-state index in [1.54, 1.807) is 12.1 Å². The van der Waals surface area contributed by atoms with E-state index in [-0.39, 0.29) is 5.75 Å². The molecule has 0 atom stereocenters. The van der Waals surface area contributed by atoms with Gasteiger partial charge >= 0.3 is 0 Å². The summed E-state index contributed by atoms with van der Waals surface area (Å²) < 4.78 is 26.4. The summed E-state index contributed by atoms with van der Waals surface area (Å²) in [6.45, 7) is 3.79. The van der Waals surface area contributed by atoms with Crippen LogP contribution >= 0.6 is 15.9 Å². The number of hydrogen-bond donors (Lipinski definition) is 1. The Morgan fingerprint density at radius 3 is 2.60 bits per heavy atom. The number of sulfonamides is 1. The molecule has 1 rings (SSSR count). The monoisotopic (exact) mass is 291 g/mol. The number of hydrogen-bond acceptors (Lipinski definition) is 2. The Balaban J connectivity index is 2.86. The number of halogens is 1. The van der Waals surface area contributed by atoms with Crippen LogP contribution in [0.15, 0.2) is 22.7 Å². The molecular formula is C10H14BrNO2S. The van der Waals surface area contributed by atoms with Crippen LogP contribution in [0.5, 0.6) is 0 Å². The van der Waals surface area contributed by atoms with Crippen LogP contribution in [0.3, 0.4) is 0 Å². The van der Waals surface area contributed by atoms with Crippen molar-refractivity contribution in [2.24, 2.45) is 0 Å². The molecule has 0 fully saturated rings. The van der Waals surface area contributed by atoms with Crippen molar-refractivity contribution >= 4 is 31.6 Å². The minimum absolute atomic E-state index is 0.151. The van der Waals surface area contributed by atoms with Crippen LogP contribution in [-0.2, 0) is 10.0 Å². The van der Waals surface area contributed by atoms with Crippen LogP contribution < -0.4 is 4.72 Å². The number of anilines is 1. The van der Waals surface area contributed by atoms with E-state index in [0.29, 0.717) is 12.1 Å². The van der Waals surface area contributed by atoms with Gasteiger partial charge in [0.25, 0.3) is 0 Å². The van der Waals surface area contributed by atoms with Crippen molar-refractivity contribution in [2.75, 3.05) is 10.5 Å². The molecule has 15 heavy (non-hydrogen) atoms. The summed E-state index contributed by atoms with van der Waals surface area (Å²) in [5.41, 5.74) is 1.68. The van der Waals surface area contributed by atoms with Crippen molar-refractivity contribution in [3.8, 4) is 0 Å². The van der Waals surface area contributed by atoms with Gasteiger partial charge in [0, 0.05) is 10.2 Å².